The summed E-state index contributed by atoms with van der Waals surface area (Å²) in [6, 6.07) is 0. The van der Waals surface area contributed by atoms with E-state index in [0.717, 1.165) is 0 Å². The Morgan fingerprint density at radius 2 is 0.800 bits per heavy atom. The molecule has 0 rings (SSSR count). The Kier molecular flexibility index (Phi) is 31400. The molecule has 0 bridgehead atoms. The molecular weight excluding hydrogens is 201 g/mol. The average Bonchev–Trinajstić information content (AvgIpc) is 0.918. The summed E-state index contributed by atoms with van der Waals surface area (Å²) in [5.74, 6) is 0. The van der Waals surface area contributed by atoms with Crippen molar-refractivity contribution in [2.45, 2.75) is 0 Å². The van der Waals surface area contributed by atoms with Gasteiger partial charge < -0.3 is 38.1 Å². The van der Waals surface area contributed by atoms with Crippen LogP contribution >= 0.6 is 0 Å². The average molecular weight is 214 g/mol. The van der Waals surface area contributed by atoms with Gasteiger partial charge in [-0.2, -0.15) is 0 Å². The topological polar surface area (TPSA) is 239 Å². The molecule has 0 aliphatic carbocycles. The second-order valence-electron chi connectivity index (χ2n) is 0.0816. The van der Waals surface area contributed by atoms with Crippen molar-refractivity contribution in [2.24, 2.45) is 5.34 Å². The standard InChI is InChI=1S/HNO2.Ni.6H2O/c2-1-3;;;;;;;/h(H,2,3);;6*1H2. The van der Waals surface area contributed by atoms with Crippen molar-refractivity contribution in [3.63, 3.8) is 0 Å². The fraction of sp³-hybridized carbons (Fsp3) is 0. The smallest absolute Gasteiger partial charge is 0.152 e. The second-order valence-corrected chi connectivity index (χ2v) is 0.0816. The first-order chi connectivity index (χ1) is 1.41. The molecule has 10 heavy (non-hydrogen) atoms. The van der Waals surface area contributed by atoms with Gasteiger partial charge in [0.1, 0.15) is 0 Å². The third-order valence-electron chi connectivity index (χ3n) is 0. The molecule has 0 aromatic carbocycles. The summed E-state index contributed by atoms with van der Waals surface area (Å²) in [5.41, 5.74) is 0. The predicted octanol–water partition coefficient (Wildman–Crippen LogP) is -4.81. The zero-order chi connectivity index (χ0) is 2.71. The summed E-state index contributed by atoms with van der Waals surface area (Å²) in [6.07, 6.45) is 0. The van der Waals surface area contributed by atoms with Crippen LogP contribution in [0.5, 0.6) is 0 Å². The maximum atomic E-state index is 8.11. The van der Waals surface area contributed by atoms with Gasteiger partial charge in [0.05, 0.1) is 0 Å². The molecule has 0 atom stereocenters. The number of hydrogen-bond donors (Lipinski definition) is 1. The van der Waals surface area contributed by atoms with E-state index in [1.807, 2.05) is 0 Å². The Morgan fingerprint density at radius 3 is 0.800 bits per heavy atom. The predicted molar refractivity (Wildman–Crippen MR) is 29.3 cm³/mol. The number of hydrogen-bond acceptors (Lipinski definition) is 2. The van der Waals surface area contributed by atoms with Gasteiger partial charge in [-0.1, -0.05) is 0 Å². The molecule has 0 saturated carbocycles. The van der Waals surface area contributed by atoms with Crippen LogP contribution in [0.2, 0.25) is 0 Å². The van der Waals surface area contributed by atoms with Crippen LogP contribution in [0.3, 0.4) is 0 Å². The normalized spacial score (nSPS) is 1.20. The number of rotatable bonds is 0. The SMILES string of the molecule is O.O.O.O.O.O.O=NO.[Ni]. The molecule has 0 aliphatic rings. The van der Waals surface area contributed by atoms with Crippen LogP contribution in [0.1, 0.15) is 0 Å². The Bertz CT molecular complexity index is 16.7. The van der Waals surface area contributed by atoms with Crippen molar-refractivity contribution in [1.82, 2.24) is 0 Å². The van der Waals surface area contributed by atoms with E-state index in [1.165, 1.54) is 5.34 Å². The maximum Gasteiger partial charge on any atom is 0.152 e. The van der Waals surface area contributed by atoms with Gasteiger partial charge in [0.2, 0.25) is 0 Å². The summed E-state index contributed by atoms with van der Waals surface area (Å²) >= 11 is 0. The molecule has 0 saturated heterocycles. The summed E-state index contributed by atoms with van der Waals surface area (Å²) in [5, 5.41) is 7.89. The molecule has 0 heterocycles. The van der Waals surface area contributed by atoms with E-state index in [4.69, 9.17) is 10.1 Å². The van der Waals surface area contributed by atoms with Gasteiger partial charge in [-0.05, 0) is 0 Å². The van der Waals surface area contributed by atoms with Crippen molar-refractivity contribution in [3.05, 3.63) is 4.91 Å². The van der Waals surface area contributed by atoms with Gasteiger partial charge in [0.25, 0.3) is 0 Å². The first kappa shape index (κ1) is 264. The van der Waals surface area contributed by atoms with E-state index in [1.54, 1.807) is 0 Å². The van der Waals surface area contributed by atoms with E-state index in [9.17, 15) is 0 Å². The van der Waals surface area contributed by atoms with Gasteiger partial charge in [0, 0.05) is 16.5 Å². The van der Waals surface area contributed by atoms with Crippen LogP contribution in [0, 0.1) is 4.91 Å². The van der Waals surface area contributed by atoms with Crippen LogP contribution in [0.4, 0.5) is 0 Å². The van der Waals surface area contributed by atoms with Crippen molar-refractivity contribution in [3.8, 4) is 0 Å². The Labute approximate surface area is 65.7 Å². The summed E-state index contributed by atoms with van der Waals surface area (Å²) in [7, 11) is 0. The fourth-order valence-corrected chi connectivity index (χ4v) is 0. The molecule has 0 amide bonds. The minimum absolute atomic E-state index is 0. The van der Waals surface area contributed by atoms with Crippen molar-refractivity contribution in [1.29, 1.82) is 0 Å². The minimum atomic E-state index is 0. The van der Waals surface area contributed by atoms with Crippen molar-refractivity contribution < 1.29 is 54.6 Å². The molecule has 10 heteroatoms. The molecule has 0 aromatic heterocycles. The van der Waals surface area contributed by atoms with Gasteiger partial charge >= 0.3 is 0 Å². The largest absolute Gasteiger partial charge is 0.412 e. The maximum absolute atomic E-state index is 8.11. The Morgan fingerprint density at radius 1 is 0.800 bits per heavy atom. The molecular formula is H13NNiO8. The van der Waals surface area contributed by atoms with E-state index in [-0.39, 0.29) is 49.3 Å². The molecule has 0 unspecified atom stereocenters. The second kappa shape index (κ2) is 1190. The zero-order valence-electron chi connectivity index (χ0n) is 4.62. The van der Waals surface area contributed by atoms with Crippen LogP contribution in [0.25, 0.3) is 0 Å². The molecule has 0 fully saturated rings. The molecule has 9 nitrogen and oxygen atoms in total. The monoisotopic (exact) mass is 213 g/mol. The third kappa shape index (κ3) is 2820. The zero-order valence-corrected chi connectivity index (χ0v) is 5.61. The fourth-order valence-electron chi connectivity index (χ4n) is 0. The Balaban J connectivity index is -0.000000000952. The summed E-state index contributed by atoms with van der Waals surface area (Å²) in [6.45, 7) is 0. The van der Waals surface area contributed by atoms with Crippen LogP contribution in [0.15, 0.2) is 5.34 Å². The van der Waals surface area contributed by atoms with Gasteiger partial charge in [0.15, 0.2) is 5.34 Å². The molecule has 76 valence electrons. The van der Waals surface area contributed by atoms with Gasteiger partial charge in [-0.3, -0.25) is 0 Å². The molecule has 0 radical (unpaired) electrons. The van der Waals surface area contributed by atoms with Crippen LogP contribution in [-0.2, 0) is 16.5 Å². The van der Waals surface area contributed by atoms with E-state index in [2.05, 4.69) is 0 Å². The van der Waals surface area contributed by atoms with Crippen LogP contribution < -0.4 is 0 Å². The van der Waals surface area contributed by atoms with Crippen LogP contribution in [-0.4, -0.2) is 38.1 Å². The summed E-state index contributed by atoms with van der Waals surface area (Å²) < 4.78 is 0. The first-order valence-electron chi connectivity index (χ1n) is 0.383. The van der Waals surface area contributed by atoms with E-state index >= 15 is 0 Å². The van der Waals surface area contributed by atoms with Gasteiger partial charge in [-0.25, -0.2) is 0 Å². The number of nitrogens with zero attached hydrogens (tertiary/aromatic N) is 1. The molecule has 0 aliphatic heterocycles. The molecule has 13 N–H and O–H groups in total. The quantitative estimate of drug-likeness (QED) is 0.237. The van der Waals surface area contributed by atoms with Crippen molar-refractivity contribution >= 4 is 0 Å². The van der Waals surface area contributed by atoms with E-state index < -0.39 is 0 Å². The van der Waals surface area contributed by atoms with Crippen molar-refractivity contribution in [2.75, 3.05) is 0 Å². The molecule has 0 spiro atoms. The Hall–Kier alpha value is -0.346. The van der Waals surface area contributed by atoms with E-state index in [0.29, 0.717) is 0 Å². The molecule has 0 aromatic rings. The summed E-state index contributed by atoms with van der Waals surface area (Å²) in [4.78, 5) is 8.11. The minimum Gasteiger partial charge on any atom is -0.412 e. The van der Waals surface area contributed by atoms with Gasteiger partial charge in [-0.15, -0.1) is 4.91 Å². The first-order valence-corrected chi connectivity index (χ1v) is 0.383. The third-order valence-corrected chi connectivity index (χ3v) is 0.